The summed E-state index contributed by atoms with van der Waals surface area (Å²) >= 11 is 0. The second-order valence-corrected chi connectivity index (χ2v) is 3.01. The number of rotatable bonds is 2. The van der Waals surface area contributed by atoms with Gasteiger partial charge in [0, 0.05) is 0 Å². The van der Waals surface area contributed by atoms with Gasteiger partial charge in [0.15, 0.2) is 11.5 Å². The van der Waals surface area contributed by atoms with Crippen LogP contribution in [0.2, 0.25) is 0 Å². The average molecular weight is 238 g/mol. The van der Waals surface area contributed by atoms with Crippen molar-refractivity contribution in [2.24, 2.45) is 0 Å². The van der Waals surface area contributed by atoms with Gasteiger partial charge in [-0.1, -0.05) is 0 Å². The standard InChI is InChI=1S/C12H6N4O2/c1-17-11-7(3-13)9(5-15)12(18-2)10(6-16)8(11)4-14/h1-2H3. The van der Waals surface area contributed by atoms with Crippen molar-refractivity contribution in [3.05, 3.63) is 22.3 Å². The molecule has 0 aliphatic heterocycles. The van der Waals surface area contributed by atoms with E-state index in [1.54, 1.807) is 24.3 Å². The zero-order chi connectivity index (χ0) is 13.7. The van der Waals surface area contributed by atoms with Crippen molar-refractivity contribution in [3.63, 3.8) is 0 Å². The van der Waals surface area contributed by atoms with Crippen LogP contribution >= 0.6 is 0 Å². The number of benzene rings is 1. The van der Waals surface area contributed by atoms with Crippen molar-refractivity contribution < 1.29 is 9.47 Å². The Kier molecular flexibility index (Phi) is 3.72. The fraction of sp³-hybridized carbons (Fsp3) is 0.167. The summed E-state index contributed by atoms with van der Waals surface area (Å²) in [6.07, 6.45) is 0. The van der Waals surface area contributed by atoms with E-state index in [2.05, 4.69) is 0 Å². The number of hydrogen-bond acceptors (Lipinski definition) is 6. The van der Waals surface area contributed by atoms with Crippen molar-refractivity contribution in [1.29, 1.82) is 21.0 Å². The van der Waals surface area contributed by atoms with Crippen LogP contribution in [0.25, 0.3) is 0 Å². The number of nitrogens with zero attached hydrogens (tertiary/aromatic N) is 4. The largest absolute Gasteiger partial charge is 0.494 e. The summed E-state index contributed by atoms with van der Waals surface area (Å²) in [7, 11) is 2.51. The summed E-state index contributed by atoms with van der Waals surface area (Å²) in [6, 6.07) is 7.12. The van der Waals surface area contributed by atoms with Crippen LogP contribution in [-0.4, -0.2) is 14.2 Å². The second-order valence-electron chi connectivity index (χ2n) is 3.01. The maximum atomic E-state index is 9.04. The van der Waals surface area contributed by atoms with Gasteiger partial charge in [-0.15, -0.1) is 0 Å². The lowest BCUT2D eigenvalue weighted by Gasteiger charge is -2.12. The Balaban J connectivity index is 4.03. The van der Waals surface area contributed by atoms with Crippen LogP contribution in [0.5, 0.6) is 11.5 Å². The third kappa shape index (κ3) is 1.65. The number of methoxy groups -OCH3 is 2. The van der Waals surface area contributed by atoms with Crippen LogP contribution in [0.1, 0.15) is 22.3 Å². The zero-order valence-corrected chi connectivity index (χ0v) is 9.61. The molecule has 86 valence electrons. The van der Waals surface area contributed by atoms with E-state index in [4.69, 9.17) is 30.5 Å². The molecule has 0 bridgehead atoms. The molecular formula is C12H6N4O2. The Hall–Kier alpha value is -3.22. The van der Waals surface area contributed by atoms with Crippen molar-refractivity contribution in [2.75, 3.05) is 14.2 Å². The Morgan fingerprint density at radius 2 is 0.833 bits per heavy atom. The Morgan fingerprint density at radius 1 is 0.611 bits per heavy atom. The van der Waals surface area contributed by atoms with Gasteiger partial charge in [-0.25, -0.2) is 0 Å². The van der Waals surface area contributed by atoms with Gasteiger partial charge in [0.2, 0.25) is 0 Å². The molecule has 1 aromatic carbocycles. The monoisotopic (exact) mass is 238 g/mol. The number of ether oxygens (including phenoxy) is 2. The highest BCUT2D eigenvalue weighted by Gasteiger charge is 2.25. The van der Waals surface area contributed by atoms with Crippen LogP contribution in [0.3, 0.4) is 0 Å². The molecule has 0 heterocycles. The molecule has 6 heteroatoms. The third-order valence-electron chi connectivity index (χ3n) is 2.26. The summed E-state index contributed by atoms with van der Waals surface area (Å²) < 4.78 is 9.88. The highest BCUT2D eigenvalue weighted by Crippen LogP contribution is 2.37. The van der Waals surface area contributed by atoms with Crippen LogP contribution in [0, 0.1) is 45.3 Å². The van der Waals surface area contributed by atoms with Crippen LogP contribution in [-0.2, 0) is 0 Å². The van der Waals surface area contributed by atoms with Crippen molar-refractivity contribution in [2.45, 2.75) is 0 Å². The molecule has 0 amide bonds. The molecule has 1 rings (SSSR count). The SMILES string of the molecule is COc1c(C#N)c(C#N)c(OC)c(C#N)c1C#N. The molecule has 18 heavy (non-hydrogen) atoms. The predicted octanol–water partition coefficient (Wildman–Crippen LogP) is 1.19. The molecule has 0 N–H and O–H groups in total. The van der Waals surface area contributed by atoms with Gasteiger partial charge in [-0.2, -0.15) is 21.0 Å². The third-order valence-corrected chi connectivity index (χ3v) is 2.26. The summed E-state index contributed by atoms with van der Waals surface area (Å²) in [6.45, 7) is 0. The van der Waals surface area contributed by atoms with Gasteiger partial charge >= 0.3 is 0 Å². The van der Waals surface area contributed by atoms with Crippen LogP contribution < -0.4 is 9.47 Å². The molecule has 0 fully saturated rings. The zero-order valence-electron chi connectivity index (χ0n) is 9.61. The summed E-state index contributed by atoms with van der Waals surface area (Å²) in [4.78, 5) is 0. The summed E-state index contributed by atoms with van der Waals surface area (Å²) in [5.74, 6) is -0.178. The van der Waals surface area contributed by atoms with Gasteiger partial charge in [0.25, 0.3) is 0 Å². The lowest BCUT2D eigenvalue weighted by atomic mass is 9.97. The first kappa shape index (κ1) is 12.8. The van der Waals surface area contributed by atoms with E-state index in [1.807, 2.05) is 0 Å². The smallest absolute Gasteiger partial charge is 0.157 e. The van der Waals surface area contributed by atoms with E-state index in [0.717, 1.165) is 0 Å². The summed E-state index contributed by atoms with van der Waals surface area (Å²) in [5.41, 5.74) is -0.473. The minimum Gasteiger partial charge on any atom is -0.494 e. The van der Waals surface area contributed by atoms with Gasteiger partial charge < -0.3 is 9.47 Å². The van der Waals surface area contributed by atoms with E-state index in [-0.39, 0.29) is 33.8 Å². The maximum absolute atomic E-state index is 9.04. The highest BCUT2D eigenvalue weighted by molar-refractivity contribution is 5.73. The van der Waals surface area contributed by atoms with Gasteiger partial charge in [-0.05, 0) is 0 Å². The van der Waals surface area contributed by atoms with E-state index < -0.39 is 0 Å². The van der Waals surface area contributed by atoms with Crippen molar-refractivity contribution in [3.8, 4) is 35.8 Å². The lowest BCUT2D eigenvalue weighted by Crippen LogP contribution is -2.03. The molecule has 0 radical (unpaired) electrons. The first-order chi connectivity index (χ1) is 8.69. The molecule has 0 saturated carbocycles. The molecule has 6 nitrogen and oxygen atoms in total. The van der Waals surface area contributed by atoms with E-state index in [9.17, 15) is 0 Å². The molecule has 0 aliphatic carbocycles. The predicted molar refractivity (Wildman–Crippen MR) is 58.4 cm³/mol. The molecule has 0 aromatic heterocycles. The quantitative estimate of drug-likeness (QED) is 0.764. The van der Waals surface area contributed by atoms with Gasteiger partial charge in [0.05, 0.1) is 14.2 Å². The maximum Gasteiger partial charge on any atom is 0.157 e. The summed E-state index contributed by atoms with van der Waals surface area (Å²) in [5, 5.41) is 36.1. The first-order valence-electron chi connectivity index (χ1n) is 4.62. The molecule has 0 aliphatic rings. The number of hydrogen-bond donors (Lipinski definition) is 0. The Bertz CT molecular complexity index is 554. The molecule has 0 saturated heterocycles. The van der Waals surface area contributed by atoms with Crippen molar-refractivity contribution in [1.82, 2.24) is 0 Å². The normalized spacial score (nSPS) is 8.33. The van der Waals surface area contributed by atoms with Gasteiger partial charge in [0.1, 0.15) is 46.5 Å². The minimum atomic E-state index is -0.118. The first-order valence-corrected chi connectivity index (χ1v) is 4.62. The highest BCUT2D eigenvalue weighted by atomic mass is 16.5. The fourth-order valence-corrected chi connectivity index (χ4v) is 1.54. The van der Waals surface area contributed by atoms with E-state index >= 15 is 0 Å². The average Bonchev–Trinajstić information content (AvgIpc) is 2.43. The molecule has 0 unspecified atom stereocenters. The molecule has 0 spiro atoms. The lowest BCUT2D eigenvalue weighted by molar-refractivity contribution is 0.398. The van der Waals surface area contributed by atoms with Crippen LogP contribution in [0.15, 0.2) is 0 Å². The van der Waals surface area contributed by atoms with E-state index in [1.165, 1.54) is 14.2 Å². The van der Waals surface area contributed by atoms with Gasteiger partial charge in [-0.3, -0.25) is 0 Å². The van der Waals surface area contributed by atoms with E-state index in [0.29, 0.717) is 0 Å². The topological polar surface area (TPSA) is 114 Å². The van der Waals surface area contributed by atoms with Crippen LogP contribution in [0.4, 0.5) is 0 Å². The molecular weight excluding hydrogens is 232 g/mol. The Labute approximate surface area is 103 Å². The van der Waals surface area contributed by atoms with Crippen molar-refractivity contribution >= 4 is 0 Å². The molecule has 0 atom stereocenters. The second kappa shape index (κ2) is 5.21. The minimum absolute atomic E-state index is 0.0890. The number of nitriles is 4. The Morgan fingerprint density at radius 3 is 0.944 bits per heavy atom. The fourth-order valence-electron chi connectivity index (χ4n) is 1.54. The molecule has 1 aromatic rings.